The number of halogens is 2. The zero-order chi connectivity index (χ0) is 20.1. The number of nitro groups is 1. The van der Waals surface area contributed by atoms with E-state index in [1.54, 1.807) is 0 Å². The Morgan fingerprint density at radius 2 is 1.78 bits per heavy atom. The number of hydrogen-bond acceptors (Lipinski definition) is 6. The van der Waals surface area contributed by atoms with E-state index in [0.717, 1.165) is 18.2 Å². The highest BCUT2D eigenvalue weighted by Gasteiger charge is 2.23. The predicted octanol–water partition coefficient (Wildman–Crippen LogP) is 3.07. The lowest BCUT2D eigenvalue weighted by molar-refractivity contribution is -0.384. The summed E-state index contributed by atoms with van der Waals surface area (Å²) in [5.41, 5.74) is -0.971. The summed E-state index contributed by atoms with van der Waals surface area (Å²) in [5.74, 6) is -3.73. The van der Waals surface area contributed by atoms with Crippen LogP contribution in [0.5, 0.6) is 5.75 Å². The molecule has 0 bridgehead atoms. The summed E-state index contributed by atoms with van der Waals surface area (Å²) >= 11 is 0. The van der Waals surface area contributed by atoms with E-state index in [1.807, 2.05) is 0 Å². The van der Waals surface area contributed by atoms with Gasteiger partial charge in [-0.15, -0.1) is 0 Å². The molecule has 0 fully saturated rings. The van der Waals surface area contributed by atoms with Crippen molar-refractivity contribution >= 4 is 23.3 Å². The van der Waals surface area contributed by atoms with Crippen LogP contribution >= 0.6 is 0 Å². The number of methoxy groups -OCH3 is 1. The third kappa shape index (κ3) is 4.97. The fourth-order valence-corrected chi connectivity index (χ4v) is 2.08. The van der Waals surface area contributed by atoms with Gasteiger partial charge in [0.05, 0.1) is 23.7 Å². The summed E-state index contributed by atoms with van der Waals surface area (Å²) in [6, 6.07) is 5.85. The summed E-state index contributed by atoms with van der Waals surface area (Å²) in [7, 11) is 1.33. The van der Waals surface area contributed by atoms with Crippen molar-refractivity contribution in [3.8, 4) is 5.75 Å². The van der Waals surface area contributed by atoms with Gasteiger partial charge in [0.1, 0.15) is 23.1 Å². The molecule has 0 aliphatic carbocycles. The fourth-order valence-electron chi connectivity index (χ4n) is 2.08. The van der Waals surface area contributed by atoms with E-state index in [-0.39, 0.29) is 11.4 Å². The number of carbonyl (C=O) groups is 2. The molecule has 2 aromatic rings. The summed E-state index contributed by atoms with van der Waals surface area (Å²) in [4.78, 5) is 34.5. The van der Waals surface area contributed by atoms with Crippen LogP contribution in [0, 0.1) is 21.7 Å². The Morgan fingerprint density at radius 3 is 2.33 bits per heavy atom. The second kappa shape index (κ2) is 8.21. The number of rotatable bonds is 6. The van der Waals surface area contributed by atoms with Crippen LogP contribution in [-0.2, 0) is 9.53 Å². The van der Waals surface area contributed by atoms with Gasteiger partial charge < -0.3 is 14.8 Å². The summed E-state index contributed by atoms with van der Waals surface area (Å²) in [6.07, 6.45) is -1.38. The van der Waals surface area contributed by atoms with Crippen molar-refractivity contribution in [3.05, 3.63) is 63.7 Å². The Labute approximate surface area is 151 Å². The number of esters is 1. The van der Waals surface area contributed by atoms with Crippen LogP contribution in [0.25, 0.3) is 0 Å². The lowest BCUT2D eigenvalue weighted by Crippen LogP contribution is -2.30. The zero-order valence-corrected chi connectivity index (χ0v) is 14.2. The first kappa shape index (κ1) is 19.8. The molecule has 2 rings (SSSR count). The Balaban J connectivity index is 2.12. The van der Waals surface area contributed by atoms with Crippen LogP contribution in [0.1, 0.15) is 17.3 Å². The molecule has 10 heteroatoms. The SMILES string of the molecule is COc1ccc(NC(=O)[C@H](C)OC(=O)c2cc(F)cc(F)c2)c([N+](=O)[O-])c1. The van der Waals surface area contributed by atoms with E-state index in [4.69, 9.17) is 9.47 Å². The van der Waals surface area contributed by atoms with Gasteiger partial charge in [0, 0.05) is 6.07 Å². The van der Waals surface area contributed by atoms with Gasteiger partial charge in [-0.05, 0) is 31.2 Å². The summed E-state index contributed by atoms with van der Waals surface area (Å²) < 4.78 is 36.0. The van der Waals surface area contributed by atoms with E-state index in [0.29, 0.717) is 6.07 Å². The maximum absolute atomic E-state index is 13.2. The second-order valence-corrected chi connectivity index (χ2v) is 5.34. The van der Waals surface area contributed by atoms with Crippen LogP contribution in [0.3, 0.4) is 0 Å². The average molecular weight is 380 g/mol. The van der Waals surface area contributed by atoms with E-state index in [9.17, 15) is 28.5 Å². The van der Waals surface area contributed by atoms with Crippen molar-refractivity contribution < 1.29 is 32.8 Å². The van der Waals surface area contributed by atoms with Gasteiger partial charge in [-0.1, -0.05) is 0 Å². The summed E-state index contributed by atoms with van der Waals surface area (Å²) in [5, 5.41) is 13.4. The fraction of sp³-hybridized carbons (Fsp3) is 0.176. The molecule has 142 valence electrons. The predicted molar refractivity (Wildman–Crippen MR) is 89.5 cm³/mol. The van der Waals surface area contributed by atoms with Gasteiger partial charge in [0.15, 0.2) is 6.10 Å². The van der Waals surface area contributed by atoms with Gasteiger partial charge in [-0.2, -0.15) is 0 Å². The van der Waals surface area contributed by atoms with Crippen LogP contribution in [-0.4, -0.2) is 30.0 Å². The van der Waals surface area contributed by atoms with Crippen molar-refractivity contribution in [1.29, 1.82) is 0 Å². The van der Waals surface area contributed by atoms with E-state index < -0.39 is 45.8 Å². The number of carbonyl (C=O) groups excluding carboxylic acids is 2. The first-order chi connectivity index (χ1) is 12.7. The number of amides is 1. The number of nitrogens with one attached hydrogen (secondary N) is 1. The van der Waals surface area contributed by atoms with Crippen LogP contribution in [0.2, 0.25) is 0 Å². The molecule has 27 heavy (non-hydrogen) atoms. The largest absolute Gasteiger partial charge is 0.496 e. The van der Waals surface area contributed by atoms with E-state index in [1.165, 1.54) is 26.2 Å². The number of hydrogen-bond donors (Lipinski definition) is 1. The molecule has 1 N–H and O–H groups in total. The van der Waals surface area contributed by atoms with Crippen LogP contribution in [0.15, 0.2) is 36.4 Å². The Hall–Kier alpha value is -3.56. The van der Waals surface area contributed by atoms with Crippen LogP contribution in [0.4, 0.5) is 20.2 Å². The molecule has 0 aliphatic rings. The van der Waals surface area contributed by atoms with Crippen molar-refractivity contribution in [2.45, 2.75) is 13.0 Å². The second-order valence-electron chi connectivity index (χ2n) is 5.34. The quantitative estimate of drug-likeness (QED) is 0.469. The first-order valence-electron chi connectivity index (χ1n) is 7.51. The minimum atomic E-state index is -1.38. The minimum Gasteiger partial charge on any atom is -0.496 e. The molecule has 0 radical (unpaired) electrons. The van der Waals surface area contributed by atoms with Gasteiger partial charge >= 0.3 is 5.97 Å². The van der Waals surface area contributed by atoms with Crippen molar-refractivity contribution in [1.82, 2.24) is 0 Å². The molecule has 8 nitrogen and oxygen atoms in total. The Kier molecular flexibility index (Phi) is 6.01. The molecular weight excluding hydrogens is 366 g/mol. The maximum atomic E-state index is 13.2. The van der Waals surface area contributed by atoms with E-state index >= 15 is 0 Å². The third-order valence-corrected chi connectivity index (χ3v) is 3.41. The first-order valence-corrected chi connectivity index (χ1v) is 7.51. The van der Waals surface area contributed by atoms with Crippen molar-refractivity contribution in [2.75, 3.05) is 12.4 Å². The molecule has 0 saturated heterocycles. The molecule has 0 aromatic heterocycles. The van der Waals surface area contributed by atoms with Gasteiger partial charge in [0.2, 0.25) is 0 Å². The molecule has 1 atom stereocenters. The monoisotopic (exact) mass is 380 g/mol. The van der Waals surface area contributed by atoms with Crippen molar-refractivity contribution in [2.24, 2.45) is 0 Å². The molecule has 1 amide bonds. The minimum absolute atomic E-state index is 0.134. The maximum Gasteiger partial charge on any atom is 0.339 e. The normalized spacial score (nSPS) is 11.4. The third-order valence-electron chi connectivity index (χ3n) is 3.41. The van der Waals surface area contributed by atoms with Gasteiger partial charge in [-0.25, -0.2) is 13.6 Å². The molecule has 0 saturated carbocycles. The Morgan fingerprint density at radius 1 is 1.15 bits per heavy atom. The highest BCUT2D eigenvalue weighted by molar-refractivity contribution is 5.98. The number of nitro benzene ring substituents is 1. The smallest absolute Gasteiger partial charge is 0.339 e. The molecular formula is C17H14F2N2O6. The van der Waals surface area contributed by atoms with E-state index in [2.05, 4.69) is 5.32 Å². The number of nitrogens with zero attached hydrogens (tertiary/aromatic N) is 1. The van der Waals surface area contributed by atoms with Crippen molar-refractivity contribution in [3.63, 3.8) is 0 Å². The topological polar surface area (TPSA) is 108 Å². The Bertz CT molecular complexity index is 883. The van der Waals surface area contributed by atoms with Crippen LogP contribution < -0.4 is 10.1 Å². The average Bonchev–Trinajstić information content (AvgIpc) is 2.60. The van der Waals surface area contributed by atoms with Gasteiger partial charge in [-0.3, -0.25) is 14.9 Å². The molecule has 0 heterocycles. The lowest BCUT2D eigenvalue weighted by Gasteiger charge is -2.14. The number of benzene rings is 2. The number of ether oxygens (including phenoxy) is 2. The highest BCUT2D eigenvalue weighted by atomic mass is 19.1. The molecule has 0 unspecified atom stereocenters. The molecule has 2 aromatic carbocycles. The van der Waals surface area contributed by atoms with Gasteiger partial charge in [0.25, 0.3) is 11.6 Å². The zero-order valence-electron chi connectivity index (χ0n) is 14.2. The molecule has 0 spiro atoms. The number of anilines is 1. The highest BCUT2D eigenvalue weighted by Crippen LogP contribution is 2.29. The lowest BCUT2D eigenvalue weighted by atomic mass is 10.2. The molecule has 0 aliphatic heterocycles. The standard InChI is InChI=1S/C17H14F2N2O6/c1-9(27-17(23)10-5-11(18)7-12(19)6-10)16(22)20-14-4-3-13(26-2)8-15(14)21(24)25/h3-9H,1-2H3,(H,20,22)/t9-/m0/s1. The summed E-state index contributed by atoms with van der Waals surface area (Å²) in [6.45, 7) is 1.21.